The Hall–Kier alpha value is -2.58. The molecule has 0 N–H and O–H groups in total. The van der Waals surface area contributed by atoms with Gasteiger partial charge in [-0.2, -0.15) is 0 Å². The first-order valence-electron chi connectivity index (χ1n) is 9.86. The summed E-state index contributed by atoms with van der Waals surface area (Å²) in [4.78, 5) is 34.0. The zero-order chi connectivity index (χ0) is 21.1. The second-order valence-corrected chi connectivity index (χ2v) is 9.25. The average molecular weight is 441 g/mol. The molecule has 1 saturated heterocycles. The first kappa shape index (κ1) is 20.7. The Morgan fingerprint density at radius 1 is 1.07 bits per heavy atom. The van der Waals surface area contributed by atoms with Crippen LogP contribution in [0.1, 0.15) is 20.8 Å². The van der Waals surface area contributed by atoms with E-state index in [0.29, 0.717) is 31.9 Å². The molecular weight excluding hydrogens is 416 g/mol. The van der Waals surface area contributed by atoms with Gasteiger partial charge in [-0.05, 0) is 48.6 Å². The molecule has 0 atom stereocenters. The van der Waals surface area contributed by atoms with E-state index in [1.54, 1.807) is 6.20 Å². The second-order valence-electron chi connectivity index (χ2n) is 7.36. The summed E-state index contributed by atoms with van der Waals surface area (Å²) in [6.07, 6.45) is 3.69. The van der Waals surface area contributed by atoms with Crippen molar-refractivity contribution in [2.75, 3.05) is 31.9 Å². The number of amides is 2. The van der Waals surface area contributed by atoms with Crippen molar-refractivity contribution in [2.45, 2.75) is 19.0 Å². The van der Waals surface area contributed by atoms with Gasteiger partial charge >= 0.3 is 0 Å². The van der Waals surface area contributed by atoms with E-state index < -0.39 is 0 Å². The van der Waals surface area contributed by atoms with Crippen LogP contribution in [-0.2, 0) is 4.79 Å². The number of benzene rings is 1. The Kier molecular flexibility index (Phi) is 6.24. The molecule has 1 aliphatic heterocycles. The van der Waals surface area contributed by atoms with Crippen molar-refractivity contribution in [3.63, 3.8) is 0 Å². The second kappa shape index (κ2) is 9.06. The Morgan fingerprint density at radius 3 is 2.43 bits per heavy atom. The van der Waals surface area contributed by atoms with E-state index in [0.717, 1.165) is 15.7 Å². The first-order chi connectivity index (χ1) is 14.5. The lowest BCUT2D eigenvalue weighted by molar-refractivity contribution is -0.129. The van der Waals surface area contributed by atoms with Crippen LogP contribution in [0.5, 0.6) is 0 Å². The van der Waals surface area contributed by atoms with E-state index in [-0.39, 0.29) is 11.8 Å². The lowest BCUT2D eigenvalue weighted by Crippen LogP contribution is -2.51. The van der Waals surface area contributed by atoms with E-state index in [1.807, 2.05) is 38.1 Å². The number of thiophene rings is 1. The van der Waals surface area contributed by atoms with Gasteiger partial charge in [-0.15, -0.1) is 11.3 Å². The van der Waals surface area contributed by atoms with Gasteiger partial charge in [0.15, 0.2) is 5.16 Å². The minimum absolute atomic E-state index is 0.0574. The predicted octanol–water partition coefficient (Wildman–Crippen LogP) is 3.63. The van der Waals surface area contributed by atoms with Crippen LogP contribution in [-0.4, -0.2) is 63.1 Å². The summed E-state index contributed by atoms with van der Waals surface area (Å²) in [5, 5.41) is 2.71. The molecule has 1 aliphatic rings. The highest BCUT2D eigenvalue weighted by Crippen LogP contribution is 2.23. The van der Waals surface area contributed by atoms with Gasteiger partial charge < -0.3 is 9.80 Å². The van der Waals surface area contributed by atoms with Crippen LogP contribution in [0.15, 0.2) is 53.3 Å². The molecule has 1 fully saturated rings. The number of hydrogen-bond acceptors (Lipinski definition) is 5. The standard InChI is InChI=1S/C22H24N4O2S2/c1-16-12-17(2)14-18(13-16)26-6-5-23-22(26)30-15-20(27)24-7-9-25(10-8-24)21(28)19-4-3-11-29-19/h3-6,11-14H,7-10,15H2,1-2H3. The lowest BCUT2D eigenvalue weighted by Gasteiger charge is -2.34. The summed E-state index contributed by atoms with van der Waals surface area (Å²) >= 11 is 2.90. The van der Waals surface area contributed by atoms with Crippen LogP contribution in [0.3, 0.4) is 0 Å². The van der Waals surface area contributed by atoms with Gasteiger partial charge in [0.2, 0.25) is 5.91 Å². The molecule has 3 heterocycles. The molecule has 156 valence electrons. The molecule has 0 spiro atoms. The number of nitrogens with zero attached hydrogens (tertiary/aromatic N) is 4. The third-order valence-electron chi connectivity index (χ3n) is 5.07. The van der Waals surface area contributed by atoms with Gasteiger partial charge in [0, 0.05) is 44.3 Å². The molecule has 8 heteroatoms. The molecule has 3 aromatic rings. The molecule has 6 nitrogen and oxygen atoms in total. The highest BCUT2D eigenvalue weighted by molar-refractivity contribution is 7.99. The smallest absolute Gasteiger partial charge is 0.264 e. The van der Waals surface area contributed by atoms with Crippen LogP contribution in [0.4, 0.5) is 0 Å². The van der Waals surface area contributed by atoms with Crippen molar-refractivity contribution in [3.05, 3.63) is 64.1 Å². The normalized spacial score (nSPS) is 14.2. The van der Waals surface area contributed by atoms with Gasteiger partial charge in [-0.3, -0.25) is 14.2 Å². The third kappa shape index (κ3) is 4.60. The maximum Gasteiger partial charge on any atom is 0.264 e. The quantitative estimate of drug-likeness (QED) is 0.569. The fourth-order valence-electron chi connectivity index (χ4n) is 3.62. The van der Waals surface area contributed by atoms with Crippen LogP contribution in [0, 0.1) is 13.8 Å². The lowest BCUT2D eigenvalue weighted by atomic mass is 10.1. The van der Waals surface area contributed by atoms with Crippen LogP contribution in [0.2, 0.25) is 0 Å². The first-order valence-corrected chi connectivity index (χ1v) is 11.7. The Balaban J connectivity index is 1.33. The average Bonchev–Trinajstić information content (AvgIpc) is 3.43. The molecule has 0 aliphatic carbocycles. The minimum atomic E-state index is 0.0574. The molecule has 1 aromatic carbocycles. The van der Waals surface area contributed by atoms with Crippen molar-refractivity contribution in [1.29, 1.82) is 0 Å². The number of aromatic nitrogens is 2. The Labute approximate surface area is 184 Å². The van der Waals surface area contributed by atoms with Crippen LogP contribution >= 0.6 is 23.1 Å². The van der Waals surface area contributed by atoms with Gasteiger partial charge in [0.25, 0.3) is 5.91 Å². The number of thioether (sulfide) groups is 1. The number of aryl methyl sites for hydroxylation is 2. The molecule has 0 saturated carbocycles. The van der Waals surface area contributed by atoms with Crippen LogP contribution in [0.25, 0.3) is 5.69 Å². The van der Waals surface area contributed by atoms with Crippen molar-refractivity contribution >= 4 is 34.9 Å². The summed E-state index contributed by atoms with van der Waals surface area (Å²) in [5.74, 6) is 0.473. The van der Waals surface area contributed by atoms with E-state index in [4.69, 9.17) is 0 Å². The zero-order valence-electron chi connectivity index (χ0n) is 17.1. The van der Waals surface area contributed by atoms with Gasteiger partial charge in [0.05, 0.1) is 10.6 Å². The summed E-state index contributed by atoms with van der Waals surface area (Å²) < 4.78 is 2.02. The number of carbonyl (C=O) groups excluding carboxylic acids is 2. The van der Waals surface area contributed by atoms with E-state index >= 15 is 0 Å². The summed E-state index contributed by atoms with van der Waals surface area (Å²) in [6.45, 7) is 6.44. The maximum atomic E-state index is 12.7. The van der Waals surface area contributed by atoms with Crippen molar-refractivity contribution in [2.24, 2.45) is 0 Å². The maximum absolute atomic E-state index is 12.7. The Bertz CT molecular complexity index is 1020. The fraction of sp³-hybridized carbons (Fsp3) is 0.318. The highest BCUT2D eigenvalue weighted by Gasteiger charge is 2.25. The summed E-state index contributed by atoms with van der Waals surface area (Å²) in [6, 6.07) is 10.1. The largest absolute Gasteiger partial charge is 0.338 e. The zero-order valence-corrected chi connectivity index (χ0v) is 18.7. The molecule has 4 rings (SSSR count). The molecule has 30 heavy (non-hydrogen) atoms. The van der Waals surface area contributed by atoms with E-state index in [9.17, 15) is 9.59 Å². The van der Waals surface area contributed by atoms with Crippen molar-refractivity contribution in [3.8, 4) is 5.69 Å². The predicted molar refractivity (Wildman–Crippen MR) is 121 cm³/mol. The van der Waals surface area contributed by atoms with Crippen LogP contribution < -0.4 is 0 Å². The number of rotatable bonds is 5. The van der Waals surface area contributed by atoms with Gasteiger partial charge in [0.1, 0.15) is 0 Å². The highest BCUT2D eigenvalue weighted by atomic mass is 32.2. The van der Waals surface area contributed by atoms with Crippen molar-refractivity contribution < 1.29 is 9.59 Å². The molecule has 0 unspecified atom stereocenters. The number of piperazine rings is 1. The summed E-state index contributed by atoms with van der Waals surface area (Å²) in [7, 11) is 0. The van der Waals surface area contributed by atoms with E-state index in [2.05, 4.69) is 37.0 Å². The summed E-state index contributed by atoms with van der Waals surface area (Å²) in [5.41, 5.74) is 3.45. The Morgan fingerprint density at radius 2 is 1.77 bits per heavy atom. The third-order valence-corrected chi connectivity index (χ3v) is 6.88. The number of imidazole rings is 1. The number of carbonyl (C=O) groups is 2. The topological polar surface area (TPSA) is 58.4 Å². The number of hydrogen-bond donors (Lipinski definition) is 0. The molecule has 0 radical (unpaired) electrons. The minimum Gasteiger partial charge on any atom is -0.338 e. The van der Waals surface area contributed by atoms with Gasteiger partial charge in [-0.25, -0.2) is 4.98 Å². The monoisotopic (exact) mass is 440 g/mol. The molecular formula is C22H24N4O2S2. The fourth-order valence-corrected chi connectivity index (χ4v) is 5.18. The van der Waals surface area contributed by atoms with Crippen molar-refractivity contribution in [1.82, 2.24) is 19.4 Å². The van der Waals surface area contributed by atoms with E-state index in [1.165, 1.54) is 34.2 Å². The molecule has 2 amide bonds. The molecule has 2 aromatic heterocycles. The SMILES string of the molecule is Cc1cc(C)cc(-n2ccnc2SCC(=O)N2CCN(C(=O)c3cccs3)CC2)c1. The van der Waals surface area contributed by atoms with Gasteiger partial charge in [-0.1, -0.05) is 23.9 Å². The molecule has 0 bridgehead atoms.